The molecule has 0 N–H and O–H groups in total. The standard InChI is InChI=1S/C12H6Br2O2/c13-7-4-5-9-11(6-7)16-12-8(14)2-1-3-10(12)15-9/h1-6H. The quantitative estimate of drug-likeness (QED) is 0.565. The van der Waals surface area contributed by atoms with Crippen molar-refractivity contribution in [1.82, 2.24) is 0 Å². The molecule has 0 spiro atoms. The minimum Gasteiger partial charge on any atom is -0.449 e. The number of hydrogen-bond donors (Lipinski definition) is 0. The summed E-state index contributed by atoms with van der Waals surface area (Å²) >= 11 is 6.84. The number of fused-ring (bicyclic) bond motifs is 2. The molecule has 0 bridgehead atoms. The van der Waals surface area contributed by atoms with Gasteiger partial charge in [-0.15, -0.1) is 0 Å². The molecule has 2 aromatic rings. The van der Waals surface area contributed by atoms with Gasteiger partial charge in [-0.2, -0.15) is 0 Å². The van der Waals surface area contributed by atoms with Crippen molar-refractivity contribution in [3.63, 3.8) is 0 Å². The van der Waals surface area contributed by atoms with Crippen LogP contribution in [0.5, 0.6) is 23.0 Å². The minimum absolute atomic E-state index is 0.716. The van der Waals surface area contributed by atoms with Gasteiger partial charge >= 0.3 is 0 Å². The van der Waals surface area contributed by atoms with E-state index in [-0.39, 0.29) is 0 Å². The van der Waals surface area contributed by atoms with Crippen LogP contribution >= 0.6 is 31.9 Å². The van der Waals surface area contributed by atoms with E-state index in [9.17, 15) is 0 Å². The Morgan fingerprint density at radius 3 is 2.56 bits per heavy atom. The lowest BCUT2D eigenvalue weighted by molar-refractivity contribution is 0.357. The Balaban J connectivity index is 2.13. The molecule has 1 aliphatic rings. The van der Waals surface area contributed by atoms with Gasteiger partial charge in [-0.1, -0.05) is 22.0 Å². The zero-order valence-electron chi connectivity index (χ0n) is 8.04. The van der Waals surface area contributed by atoms with Gasteiger partial charge in [0.15, 0.2) is 23.0 Å². The minimum atomic E-state index is 0.716. The van der Waals surface area contributed by atoms with Gasteiger partial charge in [-0.05, 0) is 46.3 Å². The van der Waals surface area contributed by atoms with Crippen molar-refractivity contribution < 1.29 is 9.47 Å². The lowest BCUT2D eigenvalue weighted by Crippen LogP contribution is -1.99. The second-order valence-corrected chi connectivity index (χ2v) is 5.13. The van der Waals surface area contributed by atoms with Gasteiger partial charge in [-0.3, -0.25) is 0 Å². The fourth-order valence-electron chi connectivity index (χ4n) is 1.54. The van der Waals surface area contributed by atoms with Crippen LogP contribution in [0.25, 0.3) is 0 Å². The van der Waals surface area contributed by atoms with E-state index in [4.69, 9.17) is 9.47 Å². The Morgan fingerprint density at radius 2 is 1.69 bits per heavy atom. The molecule has 0 fully saturated rings. The first-order valence-electron chi connectivity index (χ1n) is 4.68. The first-order valence-corrected chi connectivity index (χ1v) is 6.26. The summed E-state index contributed by atoms with van der Waals surface area (Å²) in [5, 5.41) is 0. The number of halogens is 2. The van der Waals surface area contributed by atoms with E-state index in [0.717, 1.165) is 20.4 Å². The topological polar surface area (TPSA) is 18.5 Å². The largest absolute Gasteiger partial charge is 0.449 e. The highest BCUT2D eigenvalue weighted by Crippen LogP contribution is 2.48. The van der Waals surface area contributed by atoms with Crippen LogP contribution < -0.4 is 9.47 Å². The van der Waals surface area contributed by atoms with Crippen molar-refractivity contribution in [2.75, 3.05) is 0 Å². The van der Waals surface area contributed by atoms with Gasteiger partial charge < -0.3 is 9.47 Å². The summed E-state index contributed by atoms with van der Waals surface area (Å²) in [4.78, 5) is 0. The molecule has 2 aromatic carbocycles. The third kappa shape index (κ3) is 1.62. The van der Waals surface area contributed by atoms with E-state index in [0.29, 0.717) is 11.5 Å². The van der Waals surface area contributed by atoms with Crippen LogP contribution in [0, 0.1) is 0 Å². The average molecular weight is 342 g/mol. The normalized spacial score (nSPS) is 12.1. The monoisotopic (exact) mass is 340 g/mol. The first kappa shape index (κ1) is 10.2. The van der Waals surface area contributed by atoms with E-state index in [1.54, 1.807) is 0 Å². The Morgan fingerprint density at radius 1 is 0.812 bits per heavy atom. The summed E-state index contributed by atoms with van der Waals surface area (Å²) < 4.78 is 13.4. The van der Waals surface area contributed by atoms with Crippen LogP contribution in [-0.4, -0.2) is 0 Å². The fourth-order valence-corrected chi connectivity index (χ4v) is 2.31. The average Bonchev–Trinajstić information content (AvgIpc) is 2.28. The van der Waals surface area contributed by atoms with Crippen molar-refractivity contribution in [1.29, 1.82) is 0 Å². The van der Waals surface area contributed by atoms with Crippen LogP contribution in [0.4, 0.5) is 0 Å². The lowest BCUT2D eigenvalue weighted by Gasteiger charge is -2.21. The predicted octanol–water partition coefficient (Wildman–Crippen LogP) is 5.11. The number of para-hydroxylation sites is 1. The number of hydrogen-bond acceptors (Lipinski definition) is 2. The van der Waals surface area contributed by atoms with Gasteiger partial charge in [0.25, 0.3) is 0 Å². The highest BCUT2D eigenvalue weighted by molar-refractivity contribution is 9.10. The molecule has 0 saturated carbocycles. The Bertz CT molecular complexity index is 567. The first-order chi connectivity index (χ1) is 7.74. The van der Waals surface area contributed by atoms with Gasteiger partial charge in [0.2, 0.25) is 0 Å². The van der Waals surface area contributed by atoms with Crippen molar-refractivity contribution in [3.8, 4) is 23.0 Å². The SMILES string of the molecule is Brc1ccc2c(c1)Oc1c(Br)cccc1O2. The van der Waals surface area contributed by atoms with E-state index in [2.05, 4.69) is 31.9 Å². The van der Waals surface area contributed by atoms with Crippen molar-refractivity contribution in [3.05, 3.63) is 45.3 Å². The molecule has 4 heteroatoms. The predicted molar refractivity (Wildman–Crippen MR) is 68.4 cm³/mol. The van der Waals surface area contributed by atoms with E-state index >= 15 is 0 Å². The smallest absolute Gasteiger partial charge is 0.184 e. The molecule has 0 unspecified atom stereocenters. The maximum absolute atomic E-state index is 5.79. The highest BCUT2D eigenvalue weighted by atomic mass is 79.9. The second-order valence-electron chi connectivity index (χ2n) is 3.36. The van der Waals surface area contributed by atoms with Gasteiger partial charge in [-0.25, -0.2) is 0 Å². The maximum Gasteiger partial charge on any atom is 0.184 e. The summed E-state index contributed by atoms with van der Waals surface area (Å²) in [7, 11) is 0. The highest BCUT2D eigenvalue weighted by Gasteiger charge is 2.20. The lowest BCUT2D eigenvalue weighted by atomic mass is 10.2. The van der Waals surface area contributed by atoms with Crippen LogP contribution in [0.15, 0.2) is 45.3 Å². The number of rotatable bonds is 0. The maximum atomic E-state index is 5.79. The van der Waals surface area contributed by atoms with E-state index in [1.807, 2.05) is 36.4 Å². The van der Waals surface area contributed by atoms with E-state index < -0.39 is 0 Å². The summed E-state index contributed by atoms with van der Waals surface area (Å²) in [5.74, 6) is 2.89. The zero-order chi connectivity index (χ0) is 11.1. The van der Waals surface area contributed by atoms with Crippen LogP contribution in [-0.2, 0) is 0 Å². The zero-order valence-corrected chi connectivity index (χ0v) is 11.2. The molecule has 1 heterocycles. The second kappa shape index (κ2) is 3.79. The molecule has 3 rings (SSSR count). The molecule has 0 radical (unpaired) electrons. The summed E-state index contributed by atoms with van der Waals surface area (Å²) in [6, 6.07) is 11.4. The van der Waals surface area contributed by atoms with Gasteiger partial charge in [0.1, 0.15) is 0 Å². The third-order valence-electron chi connectivity index (χ3n) is 2.27. The Labute approximate surface area is 109 Å². The molecule has 0 aliphatic carbocycles. The molecular formula is C12H6Br2O2. The third-order valence-corrected chi connectivity index (χ3v) is 3.39. The number of benzene rings is 2. The Hall–Kier alpha value is -1.00. The van der Waals surface area contributed by atoms with Crippen LogP contribution in [0.1, 0.15) is 0 Å². The van der Waals surface area contributed by atoms with Crippen molar-refractivity contribution in [2.24, 2.45) is 0 Å². The molecule has 16 heavy (non-hydrogen) atoms. The molecule has 0 amide bonds. The molecular weight excluding hydrogens is 336 g/mol. The fraction of sp³-hybridized carbons (Fsp3) is 0. The van der Waals surface area contributed by atoms with Crippen LogP contribution in [0.3, 0.4) is 0 Å². The molecule has 0 atom stereocenters. The summed E-state index contributed by atoms with van der Waals surface area (Å²) in [6.45, 7) is 0. The summed E-state index contributed by atoms with van der Waals surface area (Å²) in [6.07, 6.45) is 0. The van der Waals surface area contributed by atoms with Gasteiger partial charge in [0, 0.05) is 4.47 Å². The molecule has 0 aromatic heterocycles. The van der Waals surface area contributed by atoms with Gasteiger partial charge in [0.05, 0.1) is 4.47 Å². The molecule has 80 valence electrons. The molecule has 1 aliphatic heterocycles. The van der Waals surface area contributed by atoms with Crippen molar-refractivity contribution in [2.45, 2.75) is 0 Å². The van der Waals surface area contributed by atoms with Crippen LogP contribution in [0.2, 0.25) is 0 Å². The number of ether oxygens (including phenoxy) is 2. The molecule has 0 saturated heterocycles. The summed E-state index contributed by atoms with van der Waals surface area (Å²) in [5.41, 5.74) is 0. The van der Waals surface area contributed by atoms with Crippen molar-refractivity contribution >= 4 is 31.9 Å². The molecule has 2 nitrogen and oxygen atoms in total. The van der Waals surface area contributed by atoms with E-state index in [1.165, 1.54) is 0 Å². The Kier molecular flexibility index (Phi) is 2.41.